The second kappa shape index (κ2) is 12.3. The molecule has 1 unspecified atom stereocenters. The van der Waals surface area contributed by atoms with Gasteiger partial charge in [0, 0.05) is 37.0 Å². The molecular formula is C25H33FN4O3. The van der Waals surface area contributed by atoms with Crippen molar-refractivity contribution < 1.29 is 18.7 Å². The van der Waals surface area contributed by atoms with Crippen molar-refractivity contribution in [3.63, 3.8) is 0 Å². The second-order valence-electron chi connectivity index (χ2n) is 8.54. The van der Waals surface area contributed by atoms with Crippen molar-refractivity contribution in [2.45, 2.75) is 32.3 Å². The van der Waals surface area contributed by atoms with E-state index in [0.717, 1.165) is 44.5 Å². The van der Waals surface area contributed by atoms with Gasteiger partial charge < -0.3 is 26.0 Å². The van der Waals surface area contributed by atoms with Crippen LogP contribution in [0.2, 0.25) is 0 Å². The Kier molecular flexibility index (Phi) is 9.21. The third kappa shape index (κ3) is 7.83. The molecule has 8 heteroatoms. The van der Waals surface area contributed by atoms with Crippen molar-refractivity contribution in [3.8, 4) is 0 Å². The number of rotatable bonds is 10. The van der Waals surface area contributed by atoms with Crippen LogP contribution in [0, 0.1) is 11.7 Å². The fourth-order valence-electron chi connectivity index (χ4n) is 4.27. The van der Waals surface area contributed by atoms with Crippen molar-refractivity contribution in [2.24, 2.45) is 11.7 Å². The Bertz CT molecular complexity index is 936. The SMILES string of the molecule is COCc1ccc(C(N)=O)cc1NC(=O)NCCCN1CCCC(Cc2ccc(F)cc2)C1. The molecule has 0 aliphatic carbocycles. The first-order chi connectivity index (χ1) is 15.9. The highest BCUT2D eigenvalue weighted by Crippen LogP contribution is 2.21. The van der Waals surface area contributed by atoms with Gasteiger partial charge in [-0.15, -0.1) is 0 Å². The molecule has 1 aliphatic heterocycles. The first-order valence-corrected chi connectivity index (χ1v) is 11.4. The zero-order chi connectivity index (χ0) is 23.6. The number of piperidine rings is 1. The van der Waals surface area contributed by atoms with Crippen molar-refractivity contribution in [1.29, 1.82) is 0 Å². The van der Waals surface area contributed by atoms with Gasteiger partial charge in [-0.3, -0.25) is 4.79 Å². The minimum atomic E-state index is -0.554. The average molecular weight is 457 g/mol. The van der Waals surface area contributed by atoms with Crippen LogP contribution in [0.5, 0.6) is 0 Å². The van der Waals surface area contributed by atoms with Gasteiger partial charge in [0.15, 0.2) is 0 Å². The lowest BCUT2D eigenvalue weighted by Crippen LogP contribution is -2.38. The maximum atomic E-state index is 13.1. The Hall–Kier alpha value is -2.97. The number of amides is 3. The van der Waals surface area contributed by atoms with E-state index >= 15 is 0 Å². The third-order valence-electron chi connectivity index (χ3n) is 5.92. The molecule has 7 nitrogen and oxygen atoms in total. The molecule has 3 amide bonds. The summed E-state index contributed by atoms with van der Waals surface area (Å²) >= 11 is 0. The summed E-state index contributed by atoms with van der Waals surface area (Å²) in [5.74, 6) is -0.185. The molecular weight excluding hydrogens is 423 g/mol. The predicted octanol–water partition coefficient (Wildman–Crippen LogP) is 3.54. The second-order valence-corrected chi connectivity index (χ2v) is 8.54. The minimum absolute atomic E-state index is 0.198. The maximum Gasteiger partial charge on any atom is 0.319 e. The lowest BCUT2D eigenvalue weighted by molar-refractivity contribution is 0.1000. The number of likely N-dealkylation sites (tertiary alicyclic amines) is 1. The van der Waals surface area contributed by atoms with Crippen LogP contribution in [0.15, 0.2) is 42.5 Å². The van der Waals surface area contributed by atoms with Crippen LogP contribution < -0.4 is 16.4 Å². The fourth-order valence-corrected chi connectivity index (χ4v) is 4.27. The quantitative estimate of drug-likeness (QED) is 0.477. The molecule has 1 atom stereocenters. The summed E-state index contributed by atoms with van der Waals surface area (Å²) in [6.07, 6.45) is 4.13. The van der Waals surface area contributed by atoms with Crippen LogP contribution in [-0.4, -0.2) is 50.1 Å². The summed E-state index contributed by atoms with van der Waals surface area (Å²) < 4.78 is 18.3. The van der Waals surface area contributed by atoms with E-state index in [2.05, 4.69) is 15.5 Å². The van der Waals surface area contributed by atoms with Gasteiger partial charge in [-0.2, -0.15) is 0 Å². The number of nitrogens with zero attached hydrogens (tertiary/aromatic N) is 1. The number of methoxy groups -OCH3 is 1. The molecule has 0 radical (unpaired) electrons. The summed E-state index contributed by atoms with van der Waals surface area (Å²) in [5, 5.41) is 5.67. The Labute approximate surface area is 194 Å². The molecule has 1 saturated heterocycles. The number of nitrogens with one attached hydrogen (secondary N) is 2. The molecule has 2 aromatic carbocycles. The van der Waals surface area contributed by atoms with Gasteiger partial charge in [-0.1, -0.05) is 18.2 Å². The van der Waals surface area contributed by atoms with Crippen LogP contribution in [0.4, 0.5) is 14.9 Å². The number of anilines is 1. The molecule has 178 valence electrons. The lowest BCUT2D eigenvalue weighted by atomic mass is 9.91. The summed E-state index contributed by atoms with van der Waals surface area (Å²) in [6.45, 7) is 3.84. The van der Waals surface area contributed by atoms with Crippen LogP contribution >= 0.6 is 0 Å². The standard InChI is InChI=1S/C25H33FN4O3/c1-33-17-21-8-7-20(24(27)31)15-23(21)29-25(32)28-11-3-13-30-12-2-4-19(16-30)14-18-5-9-22(26)10-6-18/h5-10,15,19H,2-4,11-14,16-17H2,1H3,(H2,27,31)(H2,28,29,32). The monoisotopic (exact) mass is 456 g/mol. The molecule has 1 heterocycles. The van der Waals surface area contributed by atoms with Gasteiger partial charge in [0.1, 0.15) is 5.82 Å². The summed E-state index contributed by atoms with van der Waals surface area (Å²) in [7, 11) is 1.57. The summed E-state index contributed by atoms with van der Waals surface area (Å²) in [4.78, 5) is 26.2. The van der Waals surface area contributed by atoms with Crippen molar-refractivity contribution in [1.82, 2.24) is 10.2 Å². The van der Waals surface area contributed by atoms with Gasteiger partial charge in [0.25, 0.3) is 0 Å². The molecule has 0 saturated carbocycles. The van der Waals surface area contributed by atoms with E-state index in [-0.39, 0.29) is 11.8 Å². The minimum Gasteiger partial charge on any atom is -0.380 e. The largest absolute Gasteiger partial charge is 0.380 e. The van der Waals surface area contributed by atoms with Gasteiger partial charge in [-0.25, -0.2) is 9.18 Å². The van der Waals surface area contributed by atoms with Crippen LogP contribution in [0.25, 0.3) is 0 Å². The molecule has 33 heavy (non-hydrogen) atoms. The van der Waals surface area contributed by atoms with Gasteiger partial charge in [-0.05, 0) is 74.5 Å². The number of urea groups is 1. The number of primary amides is 1. The average Bonchev–Trinajstić information content (AvgIpc) is 2.80. The van der Waals surface area contributed by atoms with Gasteiger partial charge in [0.05, 0.1) is 6.61 Å². The molecule has 1 aliphatic rings. The number of nitrogens with two attached hydrogens (primary N) is 1. The first-order valence-electron chi connectivity index (χ1n) is 11.4. The Morgan fingerprint density at radius 2 is 2.00 bits per heavy atom. The van der Waals surface area contributed by atoms with Crippen molar-refractivity contribution in [3.05, 3.63) is 65.0 Å². The third-order valence-corrected chi connectivity index (χ3v) is 5.92. The summed E-state index contributed by atoms with van der Waals surface area (Å²) in [6, 6.07) is 11.3. The zero-order valence-electron chi connectivity index (χ0n) is 19.1. The van der Waals surface area contributed by atoms with E-state index in [9.17, 15) is 14.0 Å². The lowest BCUT2D eigenvalue weighted by Gasteiger charge is -2.32. The van der Waals surface area contributed by atoms with Crippen molar-refractivity contribution >= 4 is 17.6 Å². The van der Waals surface area contributed by atoms with Crippen LogP contribution in [-0.2, 0) is 17.8 Å². The highest BCUT2D eigenvalue weighted by atomic mass is 19.1. The first kappa shape index (κ1) is 24.7. The number of carbonyl (C=O) groups excluding carboxylic acids is 2. The van der Waals surface area contributed by atoms with E-state index < -0.39 is 5.91 Å². The smallest absolute Gasteiger partial charge is 0.319 e. The molecule has 3 rings (SSSR count). The van der Waals surface area contributed by atoms with E-state index in [1.807, 2.05) is 12.1 Å². The molecule has 0 spiro atoms. The van der Waals surface area contributed by atoms with E-state index in [1.54, 1.807) is 25.3 Å². The number of hydrogen-bond acceptors (Lipinski definition) is 4. The fraction of sp³-hybridized carbons (Fsp3) is 0.440. The number of carbonyl (C=O) groups is 2. The Morgan fingerprint density at radius 1 is 1.21 bits per heavy atom. The maximum absolute atomic E-state index is 13.1. The Morgan fingerprint density at radius 3 is 2.73 bits per heavy atom. The number of ether oxygens (including phenoxy) is 1. The van der Waals surface area contributed by atoms with Gasteiger partial charge >= 0.3 is 6.03 Å². The van der Waals surface area contributed by atoms with E-state index in [0.29, 0.717) is 30.3 Å². The number of halogens is 1. The predicted molar refractivity (Wildman–Crippen MR) is 127 cm³/mol. The van der Waals surface area contributed by atoms with Crippen molar-refractivity contribution in [2.75, 3.05) is 38.6 Å². The molecule has 0 aromatic heterocycles. The molecule has 2 aromatic rings. The van der Waals surface area contributed by atoms with E-state index in [4.69, 9.17) is 10.5 Å². The Balaban J connectivity index is 1.41. The van der Waals surface area contributed by atoms with E-state index in [1.165, 1.54) is 24.1 Å². The molecule has 1 fully saturated rings. The van der Waals surface area contributed by atoms with Crippen LogP contribution in [0.1, 0.15) is 40.7 Å². The van der Waals surface area contributed by atoms with Gasteiger partial charge in [0.2, 0.25) is 5.91 Å². The number of hydrogen-bond donors (Lipinski definition) is 3. The zero-order valence-corrected chi connectivity index (χ0v) is 19.1. The highest BCUT2D eigenvalue weighted by Gasteiger charge is 2.20. The topological polar surface area (TPSA) is 96.7 Å². The molecule has 4 N–H and O–H groups in total. The number of benzene rings is 2. The normalized spacial score (nSPS) is 16.4. The molecule has 0 bridgehead atoms. The highest BCUT2D eigenvalue weighted by molar-refractivity contribution is 5.96. The summed E-state index contributed by atoms with van der Waals surface area (Å²) in [5.41, 5.74) is 8.11. The van der Waals surface area contributed by atoms with Crippen LogP contribution in [0.3, 0.4) is 0 Å².